The Hall–Kier alpha value is -8.18. The predicted molar refractivity (Wildman–Crippen MR) is 338 cm³/mol. The van der Waals surface area contributed by atoms with Crippen molar-refractivity contribution < 1.29 is 42.1 Å². The van der Waals surface area contributed by atoms with E-state index in [1.54, 1.807) is 30.5 Å². The van der Waals surface area contributed by atoms with Crippen LogP contribution in [-0.4, -0.2) is 150 Å². The first-order valence-corrected chi connectivity index (χ1v) is 32.7. The van der Waals surface area contributed by atoms with Gasteiger partial charge in [-0.2, -0.15) is 0 Å². The third kappa shape index (κ3) is 13.7. The minimum atomic E-state index is -4.64. The molecule has 0 spiro atoms. The monoisotopic (exact) mass is 1250 g/mol. The Labute approximate surface area is 522 Å². The molecule has 466 valence electrons. The fraction of sp³-hybridized carbons (Fsp3) is 0.424. The van der Waals surface area contributed by atoms with Gasteiger partial charge in [-0.1, -0.05) is 55.3 Å². The smallest absolute Gasteiger partial charge is 0.293 e. The van der Waals surface area contributed by atoms with Crippen molar-refractivity contribution in [2.75, 3.05) is 75.7 Å². The lowest BCUT2D eigenvalue weighted by Gasteiger charge is -2.42. The molecule has 4 aromatic carbocycles. The molecule has 6 aromatic rings. The van der Waals surface area contributed by atoms with Crippen molar-refractivity contribution in [2.45, 2.75) is 108 Å². The normalized spacial score (nSPS) is 21.0. The van der Waals surface area contributed by atoms with Crippen LogP contribution in [0.2, 0.25) is 5.02 Å². The Bertz CT molecular complexity index is 3890. The Kier molecular flexibility index (Phi) is 17.7. The first-order valence-electron chi connectivity index (χ1n) is 30.9. The summed E-state index contributed by atoms with van der Waals surface area (Å²) in [7, 11) is -4.64. The molecule has 4 fully saturated rings. The molecule has 6 aliphatic rings. The minimum absolute atomic E-state index is 0.0489. The summed E-state index contributed by atoms with van der Waals surface area (Å²) in [5, 5.41) is 19.6. The first kappa shape index (κ1) is 61.1. The number of rotatable bonds is 18. The van der Waals surface area contributed by atoms with Crippen LogP contribution >= 0.6 is 11.6 Å². The van der Waals surface area contributed by atoms with Crippen LogP contribution in [0.1, 0.15) is 115 Å². The maximum absolute atomic E-state index is 14.2. The number of pyridine rings is 1. The molecule has 2 aliphatic carbocycles. The van der Waals surface area contributed by atoms with Gasteiger partial charge in [-0.3, -0.25) is 49.2 Å². The lowest BCUT2D eigenvalue weighted by Crippen LogP contribution is -2.52. The van der Waals surface area contributed by atoms with Crippen LogP contribution < -0.4 is 25.0 Å². The number of nitrogens with zero attached hydrogens (tertiary/aromatic N) is 7. The van der Waals surface area contributed by atoms with E-state index < -0.39 is 43.4 Å². The number of nitro groups is 1. The number of nitrogens with one attached hydrogen (secondary N) is 4. The summed E-state index contributed by atoms with van der Waals surface area (Å²) in [5.74, 6) is -1.31. The van der Waals surface area contributed by atoms with Gasteiger partial charge in [0.05, 0.1) is 21.6 Å². The van der Waals surface area contributed by atoms with Crippen LogP contribution in [-0.2, 0) is 37.4 Å². The van der Waals surface area contributed by atoms with Crippen LogP contribution in [0.4, 0.5) is 17.1 Å². The number of amides is 5. The Morgan fingerprint density at radius 2 is 1.65 bits per heavy atom. The Balaban J connectivity index is 0.636. The molecule has 4 N–H and O–H groups in total. The van der Waals surface area contributed by atoms with Crippen molar-refractivity contribution in [3.05, 3.63) is 152 Å². The Morgan fingerprint density at radius 3 is 2.40 bits per heavy atom. The average Bonchev–Trinajstić information content (AvgIpc) is 1.80. The highest BCUT2D eigenvalue weighted by Gasteiger charge is 2.40. The number of piperidine rings is 1. The fourth-order valence-electron chi connectivity index (χ4n) is 13.8. The summed E-state index contributed by atoms with van der Waals surface area (Å²) in [6, 6.07) is 25.5. The molecule has 21 nitrogen and oxygen atoms in total. The summed E-state index contributed by atoms with van der Waals surface area (Å²) in [4.78, 5) is 94.9. The third-order valence-electron chi connectivity index (χ3n) is 18.9. The zero-order valence-corrected chi connectivity index (χ0v) is 51.7. The van der Waals surface area contributed by atoms with E-state index in [4.69, 9.17) is 16.3 Å². The second-order valence-corrected chi connectivity index (χ2v) is 27.4. The van der Waals surface area contributed by atoms with Gasteiger partial charge in [-0.15, -0.1) is 0 Å². The number of fused-ring (bicyclic) bond motifs is 2. The number of halogens is 1. The number of benzene rings is 4. The van der Waals surface area contributed by atoms with E-state index in [1.807, 2.05) is 35.2 Å². The minimum Gasteiger partial charge on any atom is -0.455 e. The fourth-order valence-corrected chi connectivity index (χ4v) is 14.9. The molecule has 89 heavy (non-hydrogen) atoms. The molecule has 12 rings (SSSR count). The van der Waals surface area contributed by atoms with Crippen LogP contribution in [0, 0.1) is 21.4 Å². The van der Waals surface area contributed by atoms with E-state index in [2.05, 4.69) is 66.0 Å². The molecule has 4 aliphatic heterocycles. The highest BCUT2D eigenvalue weighted by Crippen LogP contribution is 2.44. The summed E-state index contributed by atoms with van der Waals surface area (Å²) < 4.78 is 36.6. The zero-order chi connectivity index (χ0) is 62.1. The molecular weight excluding hydrogens is 1170 g/mol. The van der Waals surface area contributed by atoms with Crippen LogP contribution in [0.3, 0.4) is 0 Å². The van der Waals surface area contributed by atoms with Gasteiger partial charge in [-0.05, 0) is 146 Å². The molecule has 0 bridgehead atoms. The molecule has 23 heteroatoms. The van der Waals surface area contributed by atoms with Gasteiger partial charge in [0.1, 0.15) is 28.9 Å². The largest absolute Gasteiger partial charge is 0.455 e. The summed E-state index contributed by atoms with van der Waals surface area (Å²) in [5.41, 5.74) is 7.64. The number of hydrogen-bond donors (Lipinski definition) is 4. The molecule has 6 heterocycles. The van der Waals surface area contributed by atoms with Crippen molar-refractivity contribution in [1.82, 2.24) is 39.6 Å². The number of hydrogen-bond acceptors (Lipinski definition) is 15. The van der Waals surface area contributed by atoms with E-state index in [9.17, 15) is 42.5 Å². The number of nitro benzene ring substituents is 1. The SMILES string of the molecule is CC1(C)CCC(CN2CCN(c3ccc(C(=O)NS(=O)(=O)c4ccc(NCC5CCC(N6CCN(C(=O)CCc7cccc8c7CN(C7CCC(=O)NC7=O)C8=O)CC6)CC5)c([N+](=O)[O-])c4)c(Oc4cnc5[nH]ccc5c4)c3)CC2)=C(c2ccc(Cl)cc2)C1. The molecule has 2 aromatic heterocycles. The van der Waals surface area contributed by atoms with E-state index in [0.29, 0.717) is 73.6 Å². The summed E-state index contributed by atoms with van der Waals surface area (Å²) >= 11 is 6.28. The maximum atomic E-state index is 14.2. The van der Waals surface area contributed by atoms with Gasteiger partial charge < -0.3 is 29.7 Å². The van der Waals surface area contributed by atoms with Crippen molar-refractivity contribution in [2.24, 2.45) is 11.3 Å². The molecule has 0 radical (unpaired) electrons. The van der Waals surface area contributed by atoms with Gasteiger partial charge in [-0.25, -0.2) is 18.1 Å². The lowest BCUT2D eigenvalue weighted by molar-refractivity contribution is -0.384. The molecular formula is C66H74ClN11O10S. The van der Waals surface area contributed by atoms with E-state index in [1.165, 1.54) is 46.0 Å². The quantitative estimate of drug-likeness (QED) is 0.0355. The van der Waals surface area contributed by atoms with Gasteiger partial charge >= 0.3 is 0 Å². The number of H-pyrrole nitrogens is 1. The number of imide groups is 1. The van der Waals surface area contributed by atoms with Crippen molar-refractivity contribution in [1.29, 1.82) is 0 Å². The lowest BCUT2D eigenvalue weighted by atomic mass is 9.72. The number of aryl methyl sites for hydroxylation is 1. The average molecular weight is 1250 g/mol. The second-order valence-electron chi connectivity index (χ2n) is 25.2. The number of aromatic nitrogens is 2. The molecule has 5 amide bonds. The van der Waals surface area contributed by atoms with Crippen LogP contribution in [0.5, 0.6) is 11.5 Å². The van der Waals surface area contributed by atoms with Gasteiger partial charge in [0.25, 0.3) is 27.5 Å². The van der Waals surface area contributed by atoms with E-state index in [-0.39, 0.29) is 65.4 Å². The number of piperazine rings is 2. The Morgan fingerprint density at radius 1 is 0.876 bits per heavy atom. The first-order chi connectivity index (χ1) is 42.8. The number of carbonyl (C=O) groups is 5. The van der Waals surface area contributed by atoms with Crippen LogP contribution in [0.25, 0.3) is 16.6 Å². The maximum Gasteiger partial charge on any atom is 0.293 e. The van der Waals surface area contributed by atoms with E-state index >= 15 is 0 Å². The highest BCUT2D eigenvalue weighted by atomic mass is 35.5. The van der Waals surface area contributed by atoms with E-state index in [0.717, 1.165) is 106 Å². The number of carbonyl (C=O) groups excluding carboxylic acids is 5. The predicted octanol–water partition coefficient (Wildman–Crippen LogP) is 9.33. The number of aromatic amines is 1. The number of sulfonamides is 1. The standard InChI is InChI=1S/C66H74ClN11O10S/c1-66(2)24-22-46(54(37-66)44-8-11-47(67)12-9-44)40-73-26-28-75(29-27-73)49-15-17-53(59(35-49)88-50-34-45-23-25-68-62(45)70-39-50)63(81)72-89(86,87)51-16-18-56(58(36-51)78(84)85)69-38-42-6-13-48(14-7-42)74-30-32-76(33-31-74)61(80)21-10-43-4-3-5-52-55(43)41-77(65(52)83)57-19-20-60(79)71-64(57)82/h3-5,8-9,11-12,15-18,23,25,34-36,39,42,48,57,69H,6-7,10,13-14,19-22,24,26-33,37-38,40-41H2,1-2H3,(H,68,70)(H,72,81)(H,71,79,82). The molecule has 1 saturated carbocycles. The van der Waals surface area contributed by atoms with Crippen molar-refractivity contribution >= 4 is 84.8 Å². The number of allylic oxidation sites excluding steroid dienone is 1. The van der Waals surface area contributed by atoms with Gasteiger partial charge in [0.15, 0.2) is 0 Å². The van der Waals surface area contributed by atoms with Crippen LogP contribution in [0.15, 0.2) is 114 Å². The third-order valence-corrected chi connectivity index (χ3v) is 20.5. The summed E-state index contributed by atoms with van der Waals surface area (Å²) in [6.45, 7) is 11.9. The zero-order valence-electron chi connectivity index (χ0n) is 50.1. The van der Waals surface area contributed by atoms with Gasteiger partial charge in [0, 0.05) is 131 Å². The second kappa shape index (κ2) is 25.7. The topological polar surface area (TPSA) is 253 Å². The summed E-state index contributed by atoms with van der Waals surface area (Å²) in [6.07, 6.45) is 11.2. The number of ether oxygens (including phenoxy) is 1. The van der Waals surface area contributed by atoms with Crippen molar-refractivity contribution in [3.63, 3.8) is 0 Å². The molecule has 3 saturated heterocycles. The van der Waals surface area contributed by atoms with Gasteiger partial charge in [0.2, 0.25) is 17.7 Å². The highest BCUT2D eigenvalue weighted by molar-refractivity contribution is 7.90. The number of anilines is 2. The molecule has 1 atom stereocenters. The van der Waals surface area contributed by atoms with Crippen molar-refractivity contribution in [3.8, 4) is 11.5 Å². The molecule has 1 unspecified atom stereocenters.